The van der Waals surface area contributed by atoms with Crippen LogP contribution in [0.5, 0.6) is 0 Å². The molecule has 0 nitrogen and oxygen atoms in total. The van der Waals surface area contributed by atoms with Crippen molar-refractivity contribution in [1.82, 2.24) is 0 Å². The Kier molecular flexibility index (Phi) is 4.99. The van der Waals surface area contributed by atoms with Crippen LogP contribution in [-0.2, 0) is 0 Å². The fourth-order valence-electron chi connectivity index (χ4n) is 8.46. The van der Waals surface area contributed by atoms with Crippen LogP contribution >= 0.6 is 0 Å². The van der Waals surface area contributed by atoms with Gasteiger partial charge >= 0.3 is 6.18 Å². The summed E-state index contributed by atoms with van der Waals surface area (Å²) in [5.74, 6) is 2.32. The third kappa shape index (κ3) is 3.10. The molecule has 0 radical (unpaired) electrons. The largest absolute Gasteiger partial charge is 0.391 e. The summed E-state index contributed by atoms with van der Waals surface area (Å²) in [6, 6.07) is 0. The standard InChI is InChI=1S/C24H37F3/c1-4-5-6-16-8-10-20-19-9-7-17-15-18(24(25,26)27)11-13-23(17,3)21(19)12-14-22(16,20)2/h4,16-21H,1,5-15H2,2-3H3/t16?,17-,18?,19+,20?,21?,22-,23+/m1/s1. The smallest absolute Gasteiger partial charge is 0.171 e. The molecule has 0 N–H and O–H groups in total. The molecule has 0 aromatic carbocycles. The average molecular weight is 383 g/mol. The predicted molar refractivity (Wildman–Crippen MR) is 104 cm³/mol. The molecule has 0 aromatic heterocycles. The van der Waals surface area contributed by atoms with Gasteiger partial charge in [-0.1, -0.05) is 19.9 Å². The van der Waals surface area contributed by atoms with Crippen LogP contribution in [0, 0.1) is 46.3 Å². The number of halogens is 3. The number of alkyl halides is 3. The van der Waals surface area contributed by atoms with Crippen LogP contribution in [0.15, 0.2) is 12.7 Å². The summed E-state index contributed by atoms with van der Waals surface area (Å²) in [6.07, 6.45) is 9.51. The van der Waals surface area contributed by atoms with Crippen molar-refractivity contribution in [3.8, 4) is 0 Å². The van der Waals surface area contributed by atoms with Crippen LogP contribution in [0.3, 0.4) is 0 Å². The summed E-state index contributed by atoms with van der Waals surface area (Å²) < 4.78 is 40.0. The van der Waals surface area contributed by atoms with Crippen LogP contribution in [0.2, 0.25) is 0 Å². The molecule has 4 saturated carbocycles. The van der Waals surface area contributed by atoms with E-state index in [0.29, 0.717) is 30.1 Å². The van der Waals surface area contributed by atoms with Crippen molar-refractivity contribution in [2.45, 2.75) is 90.7 Å². The zero-order valence-corrected chi connectivity index (χ0v) is 17.2. The van der Waals surface area contributed by atoms with Crippen molar-refractivity contribution in [3.63, 3.8) is 0 Å². The SMILES string of the molecule is C=CCCC1CCC2[C@@H]3CC[C@@H]4CC(C(F)(F)F)CC[C@]4(C)C3CC[C@]12C. The second kappa shape index (κ2) is 6.80. The minimum atomic E-state index is -3.99. The maximum Gasteiger partial charge on any atom is 0.391 e. The topological polar surface area (TPSA) is 0 Å². The monoisotopic (exact) mass is 382 g/mol. The second-order valence-electron chi connectivity index (χ2n) is 10.9. The van der Waals surface area contributed by atoms with Gasteiger partial charge in [0.2, 0.25) is 0 Å². The minimum Gasteiger partial charge on any atom is -0.171 e. The van der Waals surface area contributed by atoms with E-state index in [4.69, 9.17) is 0 Å². The van der Waals surface area contributed by atoms with Gasteiger partial charge in [-0.3, -0.25) is 0 Å². The van der Waals surface area contributed by atoms with E-state index in [9.17, 15) is 13.2 Å². The van der Waals surface area contributed by atoms with Crippen LogP contribution in [0.4, 0.5) is 13.2 Å². The van der Waals surface area contributed by atoms with Crippen molar-refractivity contribution in [2.24, 2.45) is 46.3 Å². The van der Waals surface area contributed by atoms with Gasteiger partial charge < -0.3 is 0 Å². The highest BCUT2D eigenvalue weighted by molar-refractivity contribution is 5.09. The van der Waals surface area contributed by atoms with Crippen LogP contribution in [0.25, 0.3) is 0 Å². The van der Waals surface area contributed by atoms with Crippen molar-refractivity contribution in [1.29, 1.82) is 0 Å². The molecule has 0 bridgehead atoms. The van der Waals surface area contributed by atoms with Crippen molar-refractivity contribution < 1.29 is 13.2 Å². The molecule has 3 heteroatoms. The highest BCUT2D eigenvalue weighted by atomic mass is 19.4. The van der Waals surface area contributed by atoms with Gasteiger partial charge in [-0.2, -0.15) is 13.2 Å². The van der Waals surface area contributed by atoms with E-state index in [1.807, 2.05) is 0 Å². The Hall–Kier alpha value is -0.470. The molecule has 0 saturated heterocycles. The van der Waals surface area contributed by atoms with Crippen LogP contribution in [0.1, 0.15) is 84.5 Å². The highest BCUT2D eigenvalue weighted by Crippen LogP contribution is 2.68. The number of hydrogen-bond donors (Lipinski definition) is 0. The summed E-state index contributed by atoms with van der Waals surface area (Å²) in [5, 5.41) is 0. The molecule has 0 aliphatic heterocycles. The zero-order valence-electron chi connectivity index (χ0n) is 17.2. The van der Waals surface area contributed by atoms with Crippen LogP contribution < -0.4 is 0 Å². The quantitative estimate of drug-likeness (QED) is 0.437. The van der Waals surface area contributed by atoms with Gasteiger partial charge in [0.25, 0.3) is 0 Å². The normalized spacial score (nSPS) is 49.8. The molecular weight excluding hydrogens is 345 g/mol. The summed E-state index contributed by atoms with van der Waals surface area (Å²) >= 11 is 0. The molecule has 4 unspecified atom stereocenters. The van der Waals surface area contributed by atoms with E-state index in [0.717, 1.165) is 37.0 Å². The first-order valence-electron chi connectivity index (χ1n) is 11.4. The molecule has 4 aliphatic carbocycles. The lowest BCUT2D eigenvalue weighted by Crippen LogP contribution is -2.54. The van der Waals surface area contributed by atoms with Gasteiger partial charge in [-0.25, -0.2) is 0 Å². The highest BCUT2D eigenvalue weighted by Gasteiger charge is 2.61. The van der Waals surface area contributed by atoms with Crippen molar-refractivity contribution >= 4 is 0 Å². The Balaban J connectivity index is 1.52. The van der Waals surface area contributed by atoms with E-state index in [1.54, 1.807) is 0 Å². The first-order valence-corrected chi connectivity index (χ1v) is 11.4. The maximum atomic E-state index is 13.3. The molecule has 4 rings (SSSR count). The summed E-state index contributed by atoms with van der Waals surface area (Å²) in [5.41, 5.74) is 0.627. The predicted octanol–water partition coefficient (Wildman–Crippen LogP) is 7.79. The third-order valence-electron chi connectivity index (χ3n) is 10.0. The van der Waals surface area contributed by atoms with E-state index < -0.39 is 12.1 Å². The number of fused-ring (bicyclic) bond motifs is 5. The van der Waals surface area contributed by atoms with Crippen molar-refractivity contribution in [2.75, 3.05) is 0 Å². The molecular formula is C24H37F3. The third-order valence-corrected chi connectivity index (χ3v) is 10.0. The number of allylic oxidation sites excluding steroid dienone is 1. The molecule has 8 atom stereocenters. The minimum absolute atomic E-state index is 0.158. The van der Waals surface area contributed by atoms with E-state index in [2.05, 4.69) is 26.5 Å². The number of rotatable bonds is 3. The summed E-state index contributed by atoms with van der Waals surface area (Å²) in [6.45, 7) is 8.83. The molecule has 27 heavy (non-hydrogen) atoms. The van der Waals surface area contributed by atoms with Gasteiger partial charge in [0, 0.05) is 0 Å². The first-order chi connectivity index (χ1) is 12.7. The Morgan fingerprint density at radius 2 is 1.63 bits per heavy atom. The molecule has 0 amide bonds. The van der Waals surface area contributed by atoms with Gasteiger partial charge in [0.15, 0.2) is 0 Å². The second-order valence-corrected chi connectivity index (χ2v) is 10.9. The molecule has 4 fully saturated rings. The van der Waals surface area contributed by atoms with Crippen molar-refractivity contribution in [3.05, 3.63) is 12.7 Å². The summed E-state index contributed by atoms with van der Waals surface area (Å²) in [7, 11) is 0. The average Bonchev–Trinajstić information content (AvgIpc) is 2.94. The lowest BCUT2D eigenvalue weighted by atomic mass is 9.44. The summed E-state index contributed by atoms with van der Waals surface area (Å²) in [4.78, 5) is 0. The van der Waals surface area contributed by atoms with Gasteiger partial charge in [-0.15, -0.1) is 6.58 Å². The van der Waals surface area contributed by atoms with E-state index in [1.165, 1.54) is 38.5 Å². The fraction of sp³-hybridized carbons (Fsp3) is 0.917. The first kappa shape index (κ1) is 19.8. The van der Waals surface area contributed by atoms with Gasteiger partial charge in [0.05, 0.1) is 5.92 Å². The molecule has 154 valence electrons. The Morgan fingerprint density at radius 1 is 0.926 bits per heavy atom. The zero-order chi connectivity index (χ0) is 19.4. The van der Waals surface area contributed by atoms with E-state index >= 15 is 0 Å². The van der Waals surface area contributed by atoms with Gasteiger partial charge in [-0.05, 0) is 111 Å². The molecule has 0 aromatic rings. The fourth-order valence-corrected chi connectivity index (χ4v) is 8.46. The lowest BCUT2D eigenvalue weighted by molar-refractivity contribution is -0.208. The Morgan fingerprint density at radius 3 is 2.33 bits per heavy atom. The van der Waals surface area contributed by atoms with Crippen LogP contribution in [-0.4, -0.2) is 6.18 Å². The molecule has 0 spiro atoms. The van der Waals surface area contributed by atoms with Gasteiger partial charge in [0.1, 0.15) is 0 Å². The maximum absolute atomic E-state index is 13.3. The Labute approximate surface area is 163 Å². The Bertz CT molecular complexity index is 566. The number of hydrogen-bond acceptors (Lipinski definition) is 0. The molecule has 0 heterocycles. The lowest BCUT2D eigenvalue weighted by Gasteiger charge is -2.61. The van der Waals surface area contributed by atoms with E-state index in [-0.39, 0.29) is 5.41 Å². The molecule has 4 aliphatic rings.